The van der Waals surface area contributed by atoms with E-state index in [1.165, 1.54) is 11.4 Å². The van der Waals surface area contributed by atoms with Gasteiger partial charge in [0.1, 0.15) is 5.82 Å². The van der Waals surface area contributed by atoms with Gasteiger partial charge in [-0.2, -0.15) is 11.8 Å². The van der Waals surface area contributed by atoms with Crippen LogP contribution in [0.4, 0.5) is 0 Å². The van der Waals surface area contributed by atoms with Crippen molar-refractivity contribution in [3.05, 3.63) is 48.0 Å². The first kappa shape index (κ1) is 17.5. The van der Waals surface area contributed by atoms with Gasteiger partial charge >= 0.3 is 0 Å². The summed E-state index contributed by atoms with van der Waals surface area (Å²) >= 11 is 2.08. The number of aryl methyl sites for hydroxylation is 1. The van der Waals surface area contributed by atoms with E-state index < -0.39 is 0 Å². The minimum absolute atomic E-state index is 0.319. The Hall–Kier alpha value is -1.30. The molecular weight excluding hydrogens is 318 g/mol. The molecule has 4 nitrogen and oxygen atoms in total. The standard InChI is InChI=1S/C19H27N3OS/c1-3-24-19(9-11-23-12-10-19)15-20-13-18-14-21-16(2)22(18)17-7-5-4-6-8-17/h4-8,14,20H,3,9-13,15H2,1-2H3. The average Bonchev–Trinajstić information content (AvgIpc) is 2.97. The molecule has 3 rings (SSSR count). The Morgan fingerprint density at radius 3 is 2.71 bits per heavy atom. The molecule has 2 aromatic rings. The van der Waals surface area contributed by atoms with Crippen LogP contribution in [0.2, 0.25) is 0 Å². The SMILES string of the molecule is CCSC1(CNCc2cnc(C)n2-c2ccccc2)CCOCC1. The number of ether oxygens (including phenoxy) is 1. The van der Waals surface area contributed by atoms with Crippen LogP contribution in [0.15, 0.2) is 36.5 Å². The molecule has 0 atom stereocenters. The molecule has 1 aliphatic rings. The summed E-state index contributed by atoms with van der Waals surface area (Å²) < 4.78 is 8.11. The molecule has 2 heterocycles. The fraction of sp³-hybridized carbons (Fsp3) is 0.526. The molecule has 0 aliphatic carbocycles. The fourth-order valence-corrected chi connectivity index (χ4v) is 4.66. The van der Waals surface area contributed by atoms with Gasteiger partial charge in [-0.15, -0.1) is 0 Å². The predicted molar refractivity (Wildman–Crippen MR) is 101 cm³/mol. The Morgan fingerprint density at radius 2 is 2.00 bits per heavy atom. The summed E-state index contributed by atoms with van der Waals surface area (Å²) in [5.74, 6) is 2.18. The second kappa shape index (κ2) is 8.19. The Kier molecular flexibility index (Phi) is 5.98. The lowest BCUT2D eigenvalue weighted by Gasteiger charge is -2.36. The number of hydrogen-bond donors (Lipinski definition) is 1. The first-order valence-corrected chi connectivity index (χ1v) is 9.74. The number of para-hydroxylation sites is 1. The molecule has 5 heteroatoms. The third kappa shape index (κ3) is 4.02. The lowest BCUT2D eigenvalue weighted by Crippen LogP contribution is -2.42. The van der Waals surface area contributed by atoms with E-state index in [1.807, 2.05) is 12.3 Å². The van der Waals surface area contributed by atoms with Gasteiger partial charge in [-0.25, -0.2) is 4.98 Å². The Labute approximate surface area is 149 Å². The second-order valence-electron chi connectivity index (χ2n) is 6.30. The van der Waals surface area contributed by atoms with Crippen molar-refractivity contribution in [1.82, 2.24) is 14.9 Å². The van der Waals surface area contributed by atoms with Crippen molar-refractivity contribution in [2.45, 2.75) is 38.0 Å². The average molecular weight is 346 g/mol. The molecule has 1 aromatic heterocycles. The lowest BCUT2D eigenvalue weighted by molar-refractivity contribution is 0.0771. The van der Waals surface area contributed by atoms with Crippen molar-refractivity contribution < 1.29 is 4.74 Å². The molecule has 0 spiro atoms. The summed E-state index contributed by atoms with van der Waals surface area (Å²) in [6, 6.07) is 10.4. The van der Waals surface area contributed by atoms with Gasteiger partial charge in [0.2, 0.25) is 0 Å². The van der Waals surface area contributed by atoms with Gasteiger partial charge < -0.3 is 10.1 Å². The number of imidazole rings is 1. The zero-order chi connectivity index (χ0) is 16.8. The Morgan fingerprint density at radius 1 is 1.25 bits per heavy atom. The van der Waals surface area contributed by atoms with Crippen LogP contribution in [0.5, 0.6) is 0 Å². The fourth-order valence-electron chi connectivity index (χ4n) is 3.39. The van der Waals surface area contributed by atoms with Crippen LogP contribution in [-0.2, 0) is 11.3 Å². The highest BCUT2D eigenvalue weighted by Crippen LogP contribution is 2.34. The molecule has 1 saturated heterocycles. The highest BCUT2D eigenvalue weighted by atomic mass is 32.2. The molecule has 1 aromatic carbocycles. The number of benzene rings is 1. The van der Waals surface area contributed by atoms with Gasteiger partial charge in [0.15, 0.2) is 0 Å². The zero-order valence-electron chi connectivity index (χ0n) is 14.6. The smallest absolute Gasteiger partial charge is 0.110 e. The maximum Gasteiger partial charge on any atom is 0.110 e. The van der Waals surface area contributed by atoms with E-state index in [4.69, 9.17) is 4.74 Å². The number of aromatic nitrogens is 2. The maximum atomic E-state index is 5.56. The number of rotatable bonds is 7. The monoisotopic (exact) mass is 345 g/mol. The lowest BCUT2D eigenvalue weighted by atomic mass is 9.99. The van der Waals surface area contributed by atoms with Crippen molar-refractivity contribution in [3.63, 3.8) is 0 Å². The minimum Gasteiger partial charge on any atom is -0.381 e. The van der Waals surface area contributed by atoms with E-state index in [0.29, 0.717) is 4.75 Å². The van der Waals surface area contributed by atoms with Gasteiger partial charge in [0.05, 0.1) is 11.9 Å². The largest absolute Gasteiger partial charge is 0.381 e. The third-order valence-corrected chi connectivity index (χ3v) is 6.09. The number of nitrogens with zero attached hydrogens (tertiary/aromatic N) is 2. The summed E-state index contributed by atoms with van der Waals surface area (Å²) in [4.78, 5) is 4.51. The summed E-state index contributed by atoms with van der Waals surface area (Å²) in [5.41, 5.74) is 2.38. The molecule has 1 aliphatic heterocycles. The van der Waals surface area contributed by atoms with Gasteiger partial charge in [-0.3, -0.25) is 4.57 Å². The van der Waals surface area contributed by atoms with E-state index >= 15 is 0 Å². The van der Waals surface area contributed by atoms with Crippen LogP contribution >= 0.6 is 11.8 Å². The highest BCUT2D eigenvalue weighted by molar-refractivity contribution is 8.00. The van der Waals surface area contributed by atoms with Crippen molar-refractivity contribution >= 4 is 11.8 Å². The van der Waals surface area contributed by atoms with Gasteiger partial charge in [0.25, 0.3) is 0 Å². The molecule has 24 heavy (non-hydrogen) atoms. The quantitative estimate of drug-likeness (QED) is 0.833. The maximum absolute atomic E-state index is 5.56. The molecule has 0 unspecified atom stereocenters. The van der Waals surface area contributed by atoms with Gasteiger partial charge in [0, 0.05) is 36.7 Å². The van der Waals surface area contributed by atoms with Crippen LogP contribution in [0.25, 0.3) is 5.69 Å². The van der Waals surface area contributed by atoms with Crippen LogP contribution in [-0.4, -0.2) is 39.8 Å². The normalized spacial score (nSPS) is 17.1. The van der Waals surface area contributed by atoms with Crippen molar-refractivity contribution in [2.75, 3.05) is 25.5 Å². The summed E-state index contributed by atoms with van der Waals surface area (Å²) in [7, 11) is 0. The third-order valence-electron chi connectivity index (χ3n) is 4.63. The topological polar surface area (TPSA) is 39.1 Å². The molecule has 0 saturated carbocycles. The molecule has 1 fully saturated rings. The molecule has 130 valence electrons. The van der Waals surface area contributed by atoms with Crippen LogP contribution < -0.4 is 5.32 Å². The first-order chi connectivity index (χ1) is 11.7. The molecule has 0 bridgehead atoms. The van der Waals surface area contributed by atoms with E-state index in [2.05, 4.69) is 64.7 Å². The molecule has 1 N–H and O–H groups in total. The number of hydrogen-bond acceptors (Lipinski definition) is 4. The van der Waals surface area contributed by atoms with Gasteiger partial charge in [-0.05, 0) is 37.7 Å². The van der Waals surface area contributed by atoms with Crippen LogP contribution in [0, 0.1) is 6.92 Å². The van der Waals surface area contributed by atoms with Crippen molar-refractivity contribution in [2.24, 2.45) is 0 Å². The second-order valence-corrected chi connectivity index (χ2v) is 8.03. The highest BCUT2D eigenvalue weighted by Gasteiger charge is 2.32. The van der Waals surface area contributed by atoms with Crippen molar-refractivity contribution in [3.8, 4) is 5.69 Å². The van der Waals surface area contributed by atoms with Gasteiger partial charge in [-0.1, -0.05) is 25.1 Å². The Bertz CT molecular complexity index is 630. The predicted octanol–water partition coefficient (Wildman–Crippen LogP) is 3.57. The van der Waals surface area contributed by atoms with E-state index in [0.717, 1.165) is 50.7 Å². The summed E-state index contributed by atoms with van der Waals surface area (Å²) in [5, 5.41) is 3.68. The minimum atomic E-state index is 0.319. The summed E-state index contributed by atoms with van der Waals surface area (Å²) in [6.45, 7) is 7.93. The van der Waals surface area contributed by atoms with E-state index in [-0.39, 0.29) is 0 Å². The van der Waals surface area contributed by atoms with E-state index in [9.17, 15) is 0 Å². The van der Waals surface area contributed by atoms with Crippen molar-refractivity contribution in [1.29, 1.82) is 0 Å². The molecule has 0 amide bonds. The molecule has 0 radical (unpaired) electrons. The summed E-state index contributed by atoms with van der Waals surface area (Å²) in [6.07, 6.45) is 4.25. The van der Waals surface area contributed by atoms with Crippen LogP contribution in [0.1, 0.15) is 31.3 Å². The Balaban J connectivity index is 1.67. The number of nitrogens with one attached hydrogen (secondary N) is 1. The first-order valence-electron chi connectivity index (χ1n) is 8.75. The molecular formula is C19H27N3OS. The zero-order valence-corrected chi connectivity index (χ0v) is 15.4. The number of thioether (sulfide) groups is 1. The van der Waals surface area contributed by atoms with Crippen LogP contribution in [0.3, 0.4) is 0 Å². The van der Waals surface area contributed by atoms with E-state index in [1.54, 1.807) is 0 Å².